The van der Waals surface area contributed by atoms with E-state index in [1.165, 1.54) is 64.2 Å². The van der Waals surface area contributed by atoms with Crippen LogP contribution in [0.1, 0.15) is 103 Å². The maximum absolute atomic E-state index is 1.55. The van der Waals surface area contributed by atoms with Crippen LogP contribution in [-0.4, -0.2) is 0 Å². The van der Waals surface area contributed by atoms with Gasteiger partial charge in [0, 0.05) is 0 Å². The monoisotopic (exact) mass is 250 g/mol. The van der Waals surface area contributed by atoms with Crippen LogP contribution < -0.4 is 0 Å². The fourth-order valence-corrected chi connectivity index (χ4v) is 4.17. The molecular formula is C18H34. The third kappa shape index (κ3) is 5.76. The van der Waals surface area contributed by atoms with E-state index in [1.54, 1.807) is 38.5 Å². The molecule has 2 aliphatic rings. The summed E-state index contributed by atoms with van der Waals surface area (Å²) < 4.78 is 0. The van der Waals surface area contributed by atoms with Crippen molar-refractivity contribution in [1.82, 2.24) is 0 Å². The van der Waals surface area contributed by atoms with Crippen molar-refractivity contribution in [3.63, 3.8) is 0 Å². The normalized spacial score (nSPS) is 23.3. The summed E-state index contributed by atoms with van der Waals surface area (Å²) in [4.78, 5) is 0. The minimum absolute atomic E-state index is 1.11. The van der Waals surface area contributed by atoms with Crippen molar-refractivity contribution in [2.45, 2.75) is 103 Å². The maximum atomic E-state index is 1.55. The highest BCUT2D eigenvalue weighted by molar-refractivity contribution is 4.67. The van der Waals surface area contributed by atoms with E-state index in [4.69, 9.17) is 0 Å². The number of unbranched alkanes of at least 4 members (excludes halogenated alkanes) is 3. The van der Waals surface area contributed by atoms with Gasteiger partial charge in [-0.05, 0) is 11.8 Å². The molecule has 0 aliphatic heterocycles. The molecule has 0 atom stereocenters. The van der Waals surface area contributed by atoms with Gasteiger partial charge in [0.25, 0.3) is 0 Å². The Bertz CT molecular complexity index is 162. The van der Waals surface area contributed by atoms with E-state index in [0.29, 0.717) is 0 Å². The maximum Gasteiger partial charge on any atom is -0.0414 e. The minimum atomic E-state index is 1.11. The van der Waals surface area contributed by atoms with Crippen molar-refractivity contribution in [3.05, 3.63) is 0 Å². The molecule has 106 valence electrons. The molecule has 2 saturated carbocycles. The fourth-order valence-electron chi connectivity index (χ4n) is 4.17. The SMILES string of the molecule is C(CCCC1CCCCC1)CCC1CCCCC1. The van der Waals surface area contributed by atoms with E-state index in [-0.39, 0.29) is 0 Å². The number of hydrogen-bond acceptors (Lipinski definition) is 0. The Morgan fingerprint density at radius 1 is 0.444 bits per heavy atom. The highest BCUT2D eigenvalue weighted by Gasteiger charge is 2.13. The average Bonchev–Trinajstić information content (AvgIpc) is 2.45. The lowest BCUT2D eigenvalue weighted by molar-refractivity contribution is 0.316. The first-order chi connectivity index (χ1) is 8.95. The van der Waals surface area contributed by atoms with Gasteiger partial charge in [-0.2, -0.15) is 0 Å². The van der Waals surface area contributed by atoms with Gasteiger partial charge in [0.2, 0.25) is 0 Å². The zero-order chi connectivity index (χ0) is 12.5. The van der Waals surface area contributed by atoms with Gasteiger partial charge in [0.15, 0.2) is 0 Å². The molecule has 0 aromatic heterocycles. The summed E-state index contributed by atoms with van der Waals surface area (Å²) in [6, 6.07) is 0. The summed E-state index contributed by atoms with van der Waals surface area (Å²) in [7, 11) is 0. The van der Waals surface area contributed by atoms with Gasteiger partial charge < -0.3 is 0 Å². The summed E-state index contributed by atoms with van der Waals surface area (Å²) in [6.07, 6.45) is 24.4. The molecule has 0 aromatic carbocycles. The van der Waals surface area contributed by atoms with Crippen molar-refractivity contribution in [3.8, 4) is 0 Å². The molecule has 0 aromatic rings. The zero-order valence-corrected chi connectivity index (χ0v) is 12.5. The fraction of sp³-hybridized carbons (Fsp3) is 1.00. The van der Waals surface area contributed by atoms with E-state index in [0.717, 1.165) is 11.8 Å². The Morgan fingerprint density at radius 3 is 1.22 bits per heavy atom. The first-order valence-electron chi connectivity index (χ1n) is 8.95. The van der Waals surface area contributed by atoms with E-state index < -0.39 is 0 Å². The number of hydrogen-bond donors (Lipinski definition) is 0. The second kappa shape index (κ2) is 8.99. The largest absolute Gasteiger partial charge is 0.0533 e. The summed E-state index contributed by atoms with van der Waals surface area (Å²) in [5, 5.41) is 0. The molecule has 2 fully saturated rings. The van der Waals surface area contributed by atoms with Gasteiger partial charge in [-0.3, -0.25) is 0 Å². The van der Waals surface area contributed by atoms with Crippen molar-refractivity contribution in [2.75, 3.05) is 0 Å². The molecule has 18 heavy (non-hydrogen) atoms. The molecule has 2 aliphatic carbocycles. The molecule has 2 rings (SSSR count). The van der Waals surface area contributed by atoms with Crippen molar-refractivity contribution in [2.24, 2.45) is 11.8 Å². The first-order valence-corrected chi connectivity index (χ1v) is 8.95. The van der Waals surface area contributed by atoms with Crippen molar-refractivity contribution in [1.29, 1.82) is 0 Å². The Labute approximate surface area is 115 Å². The summed E-state index contributed by atoms with van der Waals surface area (Å²) in [5.41, 5.74) is 0. The van der Waals surface area contributed by atoms with Crippen LogP contribution in [-0.2, 0) is 0 Å². The van der Waals surface area contributed by atoms with Crippen LogP contribution in [0.25, 0.3) is 0 Å². The van der Waals surface area contributed by atoms with Crippen molar-refractivity contribution < 1.29 is 0 Å². The Balaban J connectivity index is 1.39. The van der Waals surface area contributed by atoms with Gasteiger partial charge in [0.05, 0.1) is 0 Å². The van der Waals surface area contributed by atoms with Crippen LogP contribution in [0.5, 0.6) is 0 Å². The molecule has 0 amide bonds. The van der Waals surface area contributed by atoms with Gasteiger partial charge in [-0.25, -0.2) is 0 Å². The Kier molecular flexibility index (Phi) is 7.20. The lowest BCUT2D eigenvalue weighted by atomic mass is 9.84. The molecular weight excluding hydrogens is 216 g/mol. The molecule has 0 heteroatoms. The standard InChI is InChI=1S/C18H34/c1(5-11-17-13-7-3-8-14-17)2-6-12-18-15-9-4-10-16-18/h17-18H,1-16H2. The second-order valence-corrected chi connectivity index (χ2v) is 7.00. The van der Waals surface area contributed by atoms with Crippen LogP contribution in [0.4, 0.5) is 0 Å². The van der Waals surface area contributed by atoms with Gasteiger partial charge in [-0.1, -0.05) is 103 Å². The molecule has 0 nitrogen and oxygen atoms in total. The predicted octanol–water partition coefficient (Wildman–Crippen LogP) is 6.49. The van der Waals surface area contributed by atoms with E-state index in [9.17, 15) is 0 Å². The highest BCUT2D eigenvalue weighted by atomic mass is 14.2. The minimum Gasteiger partial charge on any atom is -0.0533 e. The number of rotatable bonds is 7. The predicted molar refractivity (Wildman–Crippen MR) is 80.9 cm³/mol. The van der Waals surface area contributed by atoms with Crippen molar-refractivity contribution >= 4 is 0 Å². The topological polar surface area (TPSA) is 0 Å². The molecule has 0 saturated heterocycles. The average molecular weight is 250 g/mol. The van der Waals surface area contributed by atoms with E-state index in [1.807, 2.05) is 0 Å². The van der Waals surface area contributed by atoms with Crippen LogP contribution in [0.2, 0.25) is 0 Å². The van der Waals surface area contributed by atoms with Crippen LogP contribution in [0.15, 0.2) is 0 Å². The van der Waals surface area contributed by atoms with E-state index >= 15 is 0 Å². The lowest BCUT2D eigenvalue weighted by Crippen LogP contribution is -2.06. The third-order valence-electron chi connectivity index (χ3n) is 5.42. The molecule has 0 radical (unpaired) electrons. The lowest BCUT2D eigenvalue weighted by Gasteiger charge is -2.22. The summed E-state index contributed by atoms with van der Waals surface area (Å²) in [5.74, 6) is 2.22. The Morgan fingerprint density at radius 2 is 0.833 bits per heavy atom. The zero-order valence-electron chi connectivity index (χ0n) is 12.5. The third-order valence-corrected chi connectivity index (χ3v) is 5.42. The molecule has 0 heterocycles. The van der Waals surface area contributed by atoms with E-state index in [2.05, 4.69) is 0 Å². The Hall–Kier alpha value is 0. The van der Waals surface area contributed by atoms with Gasteiger partial charge >= 0.3 is 0 Å². The molecule has 0 unspecified atom stereocenters. The molecule has 0 N–H and O–H groups in total. The second-order valence-electron chi connectivity index (χ2n) is 7.00. The smallest absolute Gasteiger partial charge is 0.0414 e. The van der Waals surface area contributed by atoms with Gasteiger partial charge in [0.1, 0.15) is 0 Å². The van der Waals surface area contributed by atoms with Crippen LogP contribution >= 0.6 is 0 Å². The highest BCUT2D eigenvalue weighted by Crippen LogP contribution is 2.29. The van der Waals surface area contributed by atoms with Crippen LogP contribution in [0, 0.1) is 11.8 Å². The molecule has 0 bridgehead atoms. The van der Waals surface area contributed by atoms with Crippen LogP contribution in [0.3, 0.4) is 0 Å². The first kappa shape index (κ1) is 14.4. The quantitative estimate of drug-likeness (QED) is 0.453. The summed E-state index contributed by atoms with van der Waals surface area (Å²) in [6.45, 7) is 0. The molecule has 0 spiro atoms. The van der Waals surface area contributed by atoms with Gasteiger partial charge in [-0.15, -0.1) is 0 Å². The summed E-state index contributed by atoms with van der Waals surface area (Å²) >= 11 is 0.